The quantitative estimate of drug-likeness (QED) is 0.492. The minimum Gasteiger partial charge on any atom is -0.354 e. The summed E-state index contributed by atoms with van der Waals surface area (Å²) in [5, 5.41) is 2.40. The molecule has 0 amide bonds. The molecule has 21 heavy (non-hydrogen) atoms. The molecule has 0 saturated heterocycles. The molecule has 100 valence electrons. The van der Waals surface area contributed by atoms with Gasteiger partial charge in [0.05, 0.1) is 5.69 Å². The first-order valence-electron chi connectivity index (χ1n) is 7.00. The van der Waals surface area contributed by atoms with E-state index in [1.54, 1.807) is 0 Å². The number of rotatable bonds is 2. The van der Waals surface area contributed by atoms with Gasteiger partial charge in [0.2, 0.25) is 0 Å². The van der Waals surface area contributed by atoms with Crippen molar-refractivity contribution in [3.05, 3.63) is 78.4 Å². The number of hydrogen-bond donors (Lipinski definition) is 1. The van der Waals surface area contributed by atoms with Gasteiger partial charge in [-0.2, -0.15) is 0 Å². The first kappa shape index (κ1) is 11.9. The van der Waals surface area contributed by atoms with E-state index < -0.39 is 0 Å². The molecule has 2 nitrogen and oxygen atoms in total. The molecular formula is C19H14N2. The maximum absolute atomic E-state index is 4.68. The molecule has 1 heterocycles. The SMILES string of the molecule is C(=Nc1cccc2[nH]c3ccccc3c12)c1ccccc1. The molecule has 0 spiro atoms. The Morgan fingerprint density at radius 3 is 2.38 bits per heavy atom. The van der Waals surface area contributed by atoms with Gasteiger partial charge in [-0.05, 0) is 23.8 Å². The molecule has 1 aromatic heterocycles. The molecule has 0 atom stereocenters. The molecule has 0 aliphatic carbocycles. The second-order valence-corrected chi connectivity index (χ2v) is 5.04. The highest BCUT2D eigenvalue weighted by atomic mass is 14.8. The van der Waals surface area contributed by atoms with Gasteiger partial charge >= 0.3 is 0 Å². The first-order valence-corrected chi connectivity index (χ1v) is 7.00. The average Bonchev–Trinajstić information content (AvgIpc) is 2.93. The molecule has 0 bridgehead atoms. The summed E-state index contributed by atoms with van der Waals surface area (Å²) >= 11 is 0. The Morgan fingerprint density at radius 2 is 1.48 bits per heavy atom. The lowest BCUT2D eigenvalue weighted by Crippen LogP contribution is -1.78. The summed E-state index contributed by atoms with van der Waals surface area (Å²) in [5.74, 6) is 0. The zero-order valence-corrected chi connectivity index (χ0v) is 11.5. The number of nitrogens with one attached hydrogen (secondary N) is 1. The minimum absolute atomic E-state index is 0.994. The summed E-state index contributed by atoms with van der Waals surface area (Å²) in [6, 6.07) is 24.7. The highest BCUT2D eigenvalue weighted by Gasteiger charge is 2.06. The van der Waals surface area contributed by atoms with Gasteiger partial charge in [-0.1, -0.05) is 54.6 Å². The lowest BCUT2D eigenvalue weighted by atomic mass is 10.1. The van der Waals surface area contributed by atoms with Gasteiger partial charge in [-0.15, -0.1) is 0 Å². The number of aliphatic imine (C=N–C) groups is 1. The normalized spacial score (nSPS) is 11.6. The second kappa shape index (κ2) is 4.91. The highest BCUT2D eigenvalue weighted by molar-refractivity contribution is 6.13. The largest absolute Gasteiger partial charge is 0.354 e. The Kier molecular flexibility index (Phi) is 2.79. The molecule has 1 N–H and O–H groups in total. The van der Waals surface area contributed by atoms with Crippen molar-refractivity contribution in [2.75, 3.05) is 0 Å². The van der Waals surface area contributed by atoms with Crippen LogP contribution in [0.3, 0.4) is 0 Å². The molecule has 0 aliphatic heterocycles. The van der Waals surface area contributed by atoms with Crippen molar-refractivity contribution < 1.29 is 0 Å². The van der Waals surface area contributed by atoms with Gasteiger partial charge in [0.1, 0.15) is 0 Å². The van der Waals surface area contributed by atoms with Gasteiger partial charge < -0.3 is 4.98 Å². The van der Waals surface area contributed by atoms with E-state index >= 15 is 0 Å². The van der Waals surface area contributed by atoms with Crippen LogP contribution in [0.4, 0.5) is 5.69 Å². The van der Waals surface area contributed by atoms with E-state index in [0.717, 1.165) is 22.3 Å². The Balaban J connectivity index is 1.90. The highest BCUT2D eigenvalue weighted by Crippen LogP contribution is 2.32. The van der Waals surface area contributed by atoms with Gasteiger partial charge in [-0.25, -0.2) is 0 Å². The molecular weight excluding hydrogens is 256 g/mol. The maximum atomic E-state index is 4.68. The molecule has 0 aliphatic rings. The van der Waals surface area contributed by atoms with Crippen LogP contribution in [0.1, 0.15) is 5.56 Å². The number of H-pyrrole nitrogens is 1. The number of aromatic nitrogens is 1. The number of aromatic amines is 1. The van der Waals surface area contributed by atoms with Crippen molar-refractivity contribution >= 4 is 33.7 Å². The number of hydrogen-bond acceptors (Lipinski definition) is 1. The molecule has 0 radical (unpaired) electrons. The van der Waals surface area contributed by atoms with Gasteiger partial charge in [0.15, 0.2) is 0 Å². The lowest BCUT2D eigenvalue weighted by molar-refractivity contribution is 1.53. The topological polar surface area (TPSA) is 28.1 Å². The summed E-state index contributed by atoms with van der Waals surface area (Å²) in [7, 11) is 0. The Hall–Kier alpha value is -2.87. The van der Waals surface area contributed by atoms with E-state index in [-0.39, 0.29) is 0 Å². The van der Waals surface area contributed by atoms with Crippen LogP contribution in [-0.4, -0.2) is 11.2 Å². The summed E-state index contributed by atoms with van der Waals surface area (Å²) in [5.41, 5.74) is 4.37. The zero-order valence-electron chi connectivity index (χ0n) is 11.5. The number of benzene rings is 3. The minimum atomic E-state index is 0.994. The van der Waals surface area contributed by atoms with Gasteiger partial charge in [0, 0.05) is 28.0 Å². The monoisotopic (exact) mass is 270 g/mol. The molecule has 4 rings (SSSR count). The second-order valence-electron chi connectivity index (χ2n) is 5.04. The predicted molar refractivity (Wildman–Crippen MR) is 89.5 cm³/mol. The predicted octanol–water partition coefficient (Wildman–Crippen LogP) is 5.07. The van der Waals surface area contributed by atoms with Crippen LogP contribution >= 0.6 is 0 Å². The van der Waals surface area contributed by atoms with Crippen LogP contribution in [0.5, 0.6) is 0 Å². The van der Waals surface area contributed by atoms with Crippen molar-refractivity contribution in [1.82, 2.24) is 4.98 Å². The zero-order chi connectivity index (χ0) is 14.1. The Bertz CT molecular complexity index is 934. The lowest BCUT2D eigenvalue weighted by Gasteiger charge is -1.98. The third kappa shape index (κ3) is 2.11. The summed E-state index contributed by atoms with van der Waals surface area (Å²) in [4.78, 5) is 8.12. The number of nitrogens with zero attached hydrogens (tertiary/aromatic N) is 1. The maximum Gasteiger partial charge on any atom is 0.0729 e. The van der Waals surface area contributed by atoms with Crippen LogP contribution in [0.15, 0.2) is 77.8 Å². The van der Waals surface area contributed by atoms with Crippen molar-refractivity contribution in [2.24, 2.45) is 4.99 Å². The molecule has 2 heteroatoms. The van der Waals surface area contributed by atoms with E-state index in [1.165, 1.54) is 10.8 Å². The summed E-state index contributed by atoms with van der Waals surface area (Å²) in [6.07, 6.45) is 1.91. The van der Waals surface area contributed by atoms with Crippen molar-refractivity contribution in [3.8, 4) is 0 Å². The number of fused-ring (bicyclic) bond motifs is 3. The Labute approximate surface area is 122 Å². The fourth-order valence-corrected chi connectivity index (χ4v) is 2.67. The van der Waals surface area contributed by atoms with Crippen molar-refractivity contribution in [2.45, 2.75) is 0 Å². The Morgan fingerprint density at radius 1 is 0.714 bits per heavy atom. The smallest absolute Gasteiger partial charge is 0.0729 e. The van der Waals surface area contributed by atoms with Crippen LogP contribution < -0.4 is 0 Å². The van der Waals surface area contributed by atoms with E-state index in [4.69, 9.17) is 0 Å². The van der Waals surface area contributed by atoms with Crippen LogP contribution in [0.2, 0.25) is 0 Å². The van der Waals surface area contributed by atoms with Gasteiger partial charge in [0.25, 0.3) is 0 Å². The summed E-state index contributed by atoms with van der Waals surface area (Å²) in [6.45, 7) is 0. The molecule has 0 fully saturated rings. The van der Waals surface area contributed by atoms with Crippen LogP contribution in [-0.2, 0) is 0 Å². The standard InChI is InChI=1S/C19H14N2/c1-2-7-14(8-3-1)13-20-17-11-6-12-18-19(17)15-9-4-5-10-16(15)21-18/h1-13,21H. The third-order valence-corrected chi connectivity index (χ3v) is 3.66. The van der Waals surface area contributed by atoms with Gasteiger partial charge in [-0.3, -0.25) is 4.99 Å². The summed E-state index contributed by atoms with van der Waals surface area (Å²) < 4.78 is 0. The van der Waals surface area contributed by atoms with E-state index in [2.05, 4.69) is 52.4 Å². The van der Waals surface area contributed by atoms with Crippen LogP contribution in [0, 0.1) is 0 Å². The molecule has 0 unspecified atom stereocenters. The fraction of sp³-hybridized carbons (Fsp3) is 0. The third-order valence-electron chi connectivity index (χ3n) is 3.66. The van der Waals surface area contributed by atoms with E-state index in [1.807, 2.05) is 36.5 Å². The average molecular weight is 270 g/mol. The van der Waals surface area contributed by atoms with E-state index in [0.29, 0.717) is 0 Å². The molecule has 3 aromatic carbocycles. The fourth-order valence-electron chi connectivity index (χ4n) is 2.67. The van der Waals surface area contributed by atoms with E-state index in [9.17, 15) is 0 Å². The number of para-hydroxylation sites is 1. The molecule has 0 saturated carbocycles. The van der Waals surface area contributed by atoms with Crippen molar-refractivity contribution in [1.29, 1.82) is 0 Å². The van der Waals surface area contributed by atoms with Crippen molar-refractivity contribution in [3.63, 3.8) is 0 Å². The molecule has 4 aromatic rings. The first-order chi connectivity index (χ1) is 10.4. The van der Waals surface area contributed by atoms with Crippen LogP contribution in [0.25, 0.3) is 21.8 Å².